The smallest absolute Gasteiger partial charge is 0.0493 e. The van der Waals surface area contributed by atoms with Crippen LogP contribution in [0.2, 0.25) is 0 Å². The zero-order valence-corrected chi connectivity index (χ0v) is 8.55. The fourth-order valence-corrected chi connectivity index (χ4v) is 1.40. The molecule has 0 N–H and O–H groups in total. The van der Waals surface area contributed by atoms with Crippen molar-refractivity contribution in [2.24, 2.45) is 17.8 Å². The van der Waals surface area contributed by atoms with Gasteiger partial charge in [-0.1, -0.05) is 34.1 Å². The van der Waals surface area contributed by atoms with Crippen molar-refractivity contribution in [1.29, 1.82) is 0 Å². The van der Waals surface area contributed by atoms with Gasteiger partial charge in [0.05, 0.1) is 0 Å². The second-order valence-electron chi connectivity index (χ2n) is 3.73. The summed E-state index contributed by atoms with van der Waals surface area (Å²) in [7, 11) is 1.79. The minimum Gasteiger partial charge on any atom is -0.384 e. The van der Waals surface area contributed by atoms with Crippen molar-refractivity contribution in [2.75, 3.05) is 13.7 Å². The average molecular weight is 158 g/mol. The number of methoxy groups -OCH3 is 1. The lowest BCUT2D eigenvalue weighted by atomic mass is 9.84. The third-order valence-electron chi connectivity index (χ3n) is 2.70. The maximum absolute atomic E-state index is 5.17. The summed E-state index contributed by atoms with van der Waals surface area (Å²) >= 11 is 0. The normalized spacial score (nSPS) is 16.9. The summed E-state index contributed by atoms with van der Waals surface area (Å²) in [5, 5.41) is 0. The lowest BCUT2D eigenvalue weighted by molar-refractivity contribution is 0.107. The van der Waals surface area contributed by atoms with E-state index in [1.165, 1.54) is 6.42 Å². The highest BCUT2D eigenvalue weighted by molar-refractivity contribution is 4.67. The van der Waals surface area contributed by atoms with E-state index in [4.69, 9.17) is 4.74 Å². The fourth-order valence-electron chi connectivity index (χ4n) is 1.40. The van der Waals surface area contributed by atoms with E-state index in [2.05, 4.69) is 27.7 Å². The molecule has 0 radical (unpaired) electrons. The van der Waals surface area contributed by atoms with Gasteiger partial charge in [0.15, 0.2) is 0 Å². The topological polar surface area (TPSA) is 9.23 Å². The number of rotatable bonds is 5. The van der Waals surface area contributed by atoms with Crippen LogP contribution < -0.4 is 0 Å². The Hall–Kier alpha value is -0.0400. The Morgan fingerprint density at radius 3 is 2.00 bits per heavy atom. The van der Waals surface area contributed by atoms with Crippen LogP contribution in [-0.2, 0) is 4.74 Å². The van der Waals surface area contributed by atoms with E-state index in [9.17, 15) is 0 Å². The van der Waals surface area contributed by atoms with Gasteiger partial charge < -0.3 is 4.74 Å². The molecule has 0 heterocycles. The highest BCUT2D eigenvalue weighted by Crippen LogP contribution is 2.22. The summed E-state index contributed by atoms with van der Waals surface area (Å²) in [4.78, 5) is 0. The first-order chi connectivity index (χ1) is 5.13. The molecule has 68 valence electrons. The van der Waals surface area contributed by atoms with Crippen LogP contribution >= 0.6 is 0 Å². The lowest BCUT2D eigenvalue weighted by Crippen LogP contribution is -2.20. The predicted octanol–water partition coefficient (Wildman–Crippen LogP) is 2.95. The first-order valence-electron chi connectivity index (χ1n) is 4.62. The Bertz CT molecular complexity index is 88.9. The number of ether oxygens (including phenoxy) is 1. The molecule has 0 rings (SSSR count). The van der Waals surface area contributed by atoms with Crippen LogP contribution in [0.15, 0.2) is 0 Å². The average Bonchev–Trinajstić information content (AvgIpc) is 1.98. The maximum atomic E-state index is 5.17. The van der Waals surface area contributed by atoms with Crippen LogP contribution in [0.3, 0.4) is 0 Å². The van der Waals surface area contributed by atoms with Crippen molar-refractivity contribution in [3.63, 3.8) is 0 Å². The minimum absolute atomic E-state index is 0.736. The number of hydrogen-bond acceptors (Lipinski definition) is 1. The molecule has 2 atom stereocenters. The minimum atomic E-state index is 0.736. The Kier molecular flexibility index (Phi) is 5.57. The summed E-state index contributed by atoms with van der Waals surface area (Å²) in [6.45, 7) is 10.0. The Balaban J connectivity index is 3.81. The van der Waals surface area contributed by atoms with Gasteiger partial charge in [0.2, 0.25) is 0 Å². The zero-order valence-electron chi connectivity index (χ0n) is 8.55. The van der Waals surface area contributed by atoms with Crippen LogP contribution in [0, 0.1) is 17.8 Å². The zero-order chi connectivity index (χ0) is 8.85. The summed E-state index contributed by atoms with van der Waals surface area (Å²) < 4.78 is 5.17. The van der Waals surface area contributed by atoms with Gasteiger partial charge in [-0.3, -0.25) is 0 Å². The molecular weight excluding hydrogens is 136 g/mol. The molecule has 11 heavy (non-hydrogen) atoms. The van der Waals surface area contributed by atoms with E-state index in [1.54, 1.807) is 7.11 Å². The SMILES string of the molecule is CCC(COC)C(C)C(C)C. The Morgan fingerprint density at radius 1 is 1.18 bits per heavy atom. The molecule has 0 amide bonds. The van der Waals surface area contributed by atoms with Crippen molar-refractivity contribution >= 4 is 0 Å². The van der Waals surface area contributed by atoms with Crippen LogP contribution in [0.5, 0.6) is 0 Å². The van der Waals surface area contributed by atoms with Crippen LogP contribution in [-0.4, -0.2) is 13.7 Å². The molecule has 0 saturated carbocycles. The van der Waals surface area contributed by atoms with Gasteiger partial charge in [-0.2, -0.15) is 0 Å². The van der Waals surface area contributed by atoms with E-state index in [1.807, 2.05) is 0 Å². The molecule has 0 aromatic heterocycles. The predicted molar refractivity (Wildman–Crippen MR) is 49.7 cm³/mol. The Morgan fingerprint density at radius 2 is 1.73 bits per heavy atom. The molecule has 2 unspecified atom stereocenters. The molecule has 1 nitrogen and oxygen atoms in total. The van der Waals surface area contributed by atoms with Crippen LogP contribution in [0.4, 0.5) is 0 Å². The van der Waals surface area contributed by atoms with Crippen LogP contribution in [0.1, 0.15) is 34.1 Å². The van der Waals surface area contributed by atoms with Crippen LogP contribution in [0.25, 0.3) is 0 Å². The van der Waals surface area contributed by atoms with Crippen molar-refractivity contribution in [3.05, 3.63) is 0 Å². The van der Waals surface area contributed by atoms with E-state index in [-0.39, 0.29) is 0 Å². The molecule has 0 bridgehead atoms. The van der Waals surface area contributed by atoms with Crippen molar-refractivity contribution < 1.29 is 4.74 Å². The molecule has 0 fully saturated rings. The van der Waals surface area contributed by atoms with E-state index >= 15 is 0 Å². The lowest BCUT2D eigenvalue weighted by Gasteiger charge is -2.24. The number of hydrogen-bond donors (Lipinski definition) is 0. The molecule has 0 saturated heterocycles. The largest absolute Gasteiger partial charge is 0.384 e. The third kappa shape index (κ3) is 3.76. The molecule has 0 spiro atoms. The van der Waals surface area contributed by atoms with E-state index in [0.29, 0.717) is 0 Å². The molecule has 1 heteroatoms. The van der Waals surface area contributed by atoms with Gasteiger partial charge in [0.25, 0.3) is 0 Å². The third-order valence-corrected chi connectivity index (χ3v) is 2.70. The molecule has 0 aromatic rings. The second kappa shape index (κ2) is 5.59. The highest BCUT2D eigenvalue weighted by atomic mass is 16.5. The first kappa shape index (κ1) is 11.0. The van der Waals surface area contributed by atoms with Gasteiger partial charge in [0, 0.05) is 13.7 Å². The quantitative estimate of drug-likeness (QED) is 0.597. The summed E-state index contributed by atoms with van der Waals surface area (Å²) in [5.74, 6) is 2.29. The molecule has 0 aromatic carbocycles. The first-order valence-corrected chi connectivity index (χ1v) is 4.62. The van der Waals surface area contributed by atoms with Gasteiger partial charge in [0.1, 0.15) is 0 Å². The summed E-state index contributed by atoms with van der Waals surface area (Å²) in [5.41, 5.74) is 0. The van der Waals surface area contributed by atoms with Crippen molar-refractivity contribution in [2.45, 2.75) is 34.1 Å². The van der Waals surface area contributed by atoms with Gasteiger partial charge in [-0.05, 0) is 17.8 Å². The Labute approximate surface area is 71.1 Å². The molecule has 0 aliphatic heterocycles. The molecule has 0 aliphatic rings. The van der Waals surface area contributed by atoms with E-state index in [0.717, 1.165) is 24.4 Å². The highest BCUT2D eigenvalue weighted by Gasteiger charge is 2.17. The van der Waals surface area contributed by atoms with Gasteiger partial charge >= 0.3 is 0 Å². The standard InChI is InChI=1S/C10H22O/c1-6-10(7-11-5)9(4)8(2)3/h8-10H,6-7H2,1-5H3. The summed E-state index contributed by atoms with van der Waals surface area (Å²) in [6, 6.07) is 0. The maximum Gasteiger partial charge on any atom is 0.0493 e. The fraction of sp³-hybridized carbons (Fsp3) is 1.00. The van der Waals surface area contributed by atoms with Crippen molar-refractivity contribution in [1.82, 2.24) is 0 Å². The molecule has 0 aliphatic carbocycles. The molecular formula is C10H22O. The van der Waals surface area contributed by atoms with Gasteiger partial charge in [-0.25, -0.2) is 0 Å². The van der Waals surface area contributed by atoms with Gasteiger partial charge in [-0.15, -0.1) is 0 Å². The van der Waals surface area contributed by atoms with Crippen molar-refractivity contribution in [3.8, 4) is 0 Å². The summed E-state index contributed by atoms with van der Waals surface area (Å²) in [6.07, 6.45) is 1.23. The monoisotopic (exact) mass is 158 g/mol. The van der Waals surface area contributed by atoms with E-state index < -0.39 is 0 Å². The second-order valence-corrected chi connectivity index (χ2v) is 3.73.